The largest absolute Gasteiger partial charge is 0.393 e. The van der Waals surface area contributed by atoms with Crippen molar-refractivity contribution in [2.75, 3.05) is 11.4 Å². The molecule has 1 fully saturated rings. The number of rotatable bonds is 1. The normalized spacial score (nSPS) is 21.2. The molecule has 1 aromatic rings. The van der Waals surface area contributed by atoms with Gasteiger partial charge in [0.15, 0.2) is 0 Å². The van der Waals surface area contributed by atoms with Crippen LogP contribution in [0, 0.1) is 0 Å². The van der Waals surface area contributed by atoms with Gasteiger partial charge >= 0.3 is 0 Å². The third kappa shape index (κ3) is 2.70. The van der Waals surface area contributed by atoms with Gasteiger partial charge in [-0.1, -0.05) is 20.8 Å². The topological polar surface area (TPSA) is 53.4 Å². The van der Waals surface area contributed by atoms with Crippen LogP contribution in [0.5, 0.6) is 0 Å². The maximum atomic E-state index is 11.8. The molecule has 1 unspecified atom stereocenters. The van der Waals surface area contributed by atoms with E-state index in [1.165, 1.54) is 0 Å². The van der Waals surface area contributed by atoms with Crippen LogP contribution in [0.3, 0.4) is 0 Å². The zero-order valence-electron chi connectivity index (χ0n) is 11.2. The third-order valence-corrected chi connectivity index (χ3v) is 3.23. The van der Waals surface area contributed by atoms with Crippen molar-refractivity contribution < 1.29 is 9.90 Å². The lowest BCUT2D eigenvalue weighted by molar-refractivity contribution is -0.122. The second-order valence-electron chi connectivity index (χ2n) is 5.84. The number of aliphatic hydroxyl groups is 1. The first-order valence-corrected chi connectivity index (χ1v) is 6.33. The van der Waals surface area contributed by atoms with E-state index < -0.39 is 6.10 Å². The Morgan fingerprint density at radius 1 is 1.39 bits per heavy atom. The number of carbonyl (C=O) groups is 1. The summed E-state index contributed by atoms with van der Waals surface area (Å²) in [6, 6.07) is 3.90. The number of piperidine rings is 1. The molecule has 0 radical (unpaired) electrons. The van der Waals surface area contributed by atoms with Crippen molar-refractivity contribution in [1.82, 2.24) is 4.98 Å². The zero-order chi connectivity index (χ0) is 13.3. The second kappa shape index (κ2) is 4.69. The summed E-state index contributed by atoms with van der Waals surface area (Å²) in [5, 5.41) is 9.43. The Kier molecular flexibility index (Phi) is 3.39. The lowest BCUT2D eigenvalue weighted by Crippen LogP contribution is -2.40. The summed E-state index contributed by atoms with van der Waals surface area (Å²) in [7, 11) is 0. The summed E-state index contributed by atoms with van der Waals surface area (Å²) in [6.45, 7) is 6.89. The predicted molar refractivity (Wildman–Crippen MR) is 70.5 cm³/mol. The highest BCUT2D eigenvalue weighted by Gasteiger charge is 2.25. The molecule has 1 saturated heterocycles. The number of hydrogen-bond donors (Lipinski definition) is 1. The molecule has 0 aromatic carbocycles. The summed E-state index contributed by atoms with van der Waals surface area (Å²) < 4.78 is 0. The number of hydrogen-bond acceptors (Lipinski definition) is 3. The molecule has 4 heteroatoms. The summed E-state index contributed by atoms with van der Waals surface area (Å²) in [5.74, 6) is -0.0286. The molecule has 4 nitrogen and oxygen atoms in total. The Bertz CT molecular complexity index is 434. The monoisotopic (exact) mass is 248 g/mol. The molecule has 1 aliphatic rings. The van der Waals surface area contributed by atoms with E-state index in [9.17, 15) is 9.90 Å². The smallest absolute Gasteiger partial charge is 0.229 e. The number of aliphatic hydroxyl groups excluding tert-OH is 1. The molecular weight excluding hydrogens is 228 g/mol. The number of anilines is 1. The average molecular weight is 248 g/mol. The third-order valence-electron chi connectivity index (χ3n) is 3.23. The van der Waals surface area contributed by atoms with Crippen LogP contribution in [-0.2, 0) is 10.2 Å². The predicted octanol–water partition coefficient (Wildman–Crippen LogP) is 1.87. The van der Waals surface area contributed by atoms with Crippen molar-refractivity contribution in [3.8, 4) is 0 Å². The van der Waals surface area contributed by atoms with Crippen LogP contribution < -0.4 is 4.90 Å². The van der Waals surface area contributed by atoms with E-state index in [2.05, 4.69) is 25.8 Å². The van der Waals surface area contributed by atoms with Crippen LogP contribution in [0.15, 0.2) is 18.3 Å². The molecular formula is C14H20N2O2. The fourth-order valence-corrected chi connectivity index (χ4v) is 2.08. The molecule has 0 saturated carbocycles. The first-order chi connectivity index (χ1) is 8.38. The minimum Gasteiger partial charge on any atom is -0.393 e. The SMILES string of the molecule is CC(C)(C)c1ccc(N2CCC(O)CC2=O)cn1. The van der Waals surface area contributed by atoms with Gasteiger partial charge in [0.1, 0.15) is 0 Å². The van der Waals surface area contributed by atoms with Crippen molar-refractivity contribution in [2.45, 2.75) is 45.1 Å². The van der Waals surface area contributed by atoms with Gasteiger partial charge in [-0.3, -0.25) is 9.78 Å². The van der Waals surface area contributed by atoms with E-state index in [0.29, 0.717) is 13.0 Å². The number of aromatic nitrogens is 1. The van der Waals surface area contributed by atoms with Crippen LogP contribution in [-0.4, -0.2) is 28.6 Å². The summed E-state index contributed by atoms with van der Waals surface area (Å²) in [4.78, 5) is 17.9. The molecule has 2 heterocycles. The fourth-order valence-electron chi connectivity index (χ4n) is 2.08. The van der Waals surface area contributed by atoms with Gasteiger partial charge in [0.05, 0.1) is 24.4 Å². The Morgan fingerprint density at radius 3 is 2.61 bits per heavy atom. The molecule has 2 rings (SSSR count). The van der Waals surface area contributed by atoms with E-state index in [-0.39, 0.29) is 17.7 Å². The van der Waals surface area contributed by atoms with Gasteiger partial charge in [0, 0.05) is 17.7 Å². The summed E-state index contributed by atoms with van der Waals surface area (Å²) in [6.07, 6.45) is 2.10. The van der Waals surface area contributed by atoms with Crippen LogP contribution in [0.2, 0.25) is 0 Å². The average Bonchev–Trinajstić information content (AvgIpc) is 2.28. The fraction of sp³-hybridized carbons (Fsp3) is 0.571. The van der Waals surface area contributed by atoms with Gasteiger partial charge in [-0.15, -0.1) is 0 Å². The zero-order valence-corrected chi connectivity index (χ0v) is 11.2. The van der Waals surface area contributed by atoms with Crippen molar-refractivity contribution in [3.05, 3.63) is 24.0 Å². The number of carbonyl (C=O) groups excluding carboxylic acids is 1. The van der Waals surface area contributed by atoms with Crippen LogP contribution in [0.4, 0.5) is 5.69 Å². The lowest BCUT2D eigenvalue weighted by atomic mass is 9.91. The molecule has 1 amide bonds. The summed E-state index contributed by atoms with van der Waals surface area (Å²) >= 11 is 0. The Morgan fingerprint density at radius 2 is 2.11 bits per heavy atom. The van der Waals surface area contributed by atoms with Crippen LogP contribution >= 0.6 is 0 Å². The Labute approximate surface area is 108 Å². The molecule has 0 spiro atoms. The Hall–Kier alpha value is -1.42. The summed E-state index contributed by atoms with van der Waals surface area (Å²) in [5.41, 5.74) is 1.84. The standard InChI is InChI=1S/C14H20N2O2/c1-14(2,3)12-5-4-10(9-15-12)16-7-6-11(17)8-13(16)18/h4-5,9,11,17H,6-8H2,1-3H3. The van der Waals surface area contributed by atoms with Gasteiger partial charge in [-0.2, -0.15) is 0 Å². The van der Waals surface area contributed by atoms with Gasteiger partial charge in [-0.05, 0) is 18.6 Å². The van der Waals surface area contributed by atoms with E-state index in [1.54, 1.807) is 11.1 Å². The minimum atomic E-state index is -0.490. The van der Waals surface area contributed by atoms with E-state index in [0.717, 1.165) is 11.4 Å². The van der Waals surface area contributed by atoms with Crippen molar-refractivity contribution in [3.63, 3.8) is 0 Å². The molecule has 1 atom stereocenters. The molecule has 1 N–H and O–H groups in total. The van der Waals surface area contributed by atoms with Crippen molar-refractivity contribution in [1.29, 1.82) is 0 Å². The quantitative estimate of drug-likeness (QED) is 0.825. The van der Waals surface area contributed by atoms with Gasteiger partial charge in [0.2, 0.25) is 5.91 Å². The first kappa shape index (κ1) is 13.0. The maximum Gasteiger partial charge on any atom is 0.229 e. The molecule has 98 valence electrons. The highest BCUT2D eigenvalue weighted by molar-refractivity contribution is 5.94. The van der Waals surface area contributed by atoms with Crippen molar-refractivity contribution >= 4 is 11.6 Å². The highest BCUT2D eigenvalue weighted by atomic mass is 16.3. The van der Waals surface area contributed by atoms with Crippen LogP contribution in [0.1, 0.15) is 39.3 Å². The van der Waals surface area contributed by atoms with Crippen LogP contribution in [0.25, 0.3) is 0 Å². The van der Waals surface area contributed by atoms with Gasteiger partial charge < -0.3 is 10.0 Å². The number of amides is 1. The molecule has 0 bridgehead atoms. The van der Waals surface area contributed by atoms with E-state index in [1.807, 2.05) is 12.1 Å². The van der Waals surface area contributed by atoms with Crippen molar-refractivity contribution in [2.24, 2.45) is 0 Å². The van der Waals surface area contributed by atoms with E-state index in [4.69, 9.17) is 0 Å². The molecule has 1 aromatic heterocycles. The Balaban J connectivity index is 2.17. The molecule has 0 aliphatic carbocycles. The molecule has 18 heavy (non-hydrogen) atoms. The van der Waals surface area contributed by atoms with Gasteiger partial charge in [-0.25, -0.2) is 0 Å². The highest BCUT2D eigenvalue weighted by Crippen LogP contribution is 2.24. The minimum absolute atomic E-state index is 0.0145. The number of nitrogens with zero attached hydrogens (tertiary/aromatic N) is 2. The number of pyridine rings is 1. The van der Waals surface area contributed by atoms with E-state index >= 15 is 0 Å². The molecule has 1 aliphatic heterocycles. The maximum absolute atomic E-state index is 11.8. The van der Waals surface area contributed by atoms with Gasteiger partial charge in [0.25, 0.3) is 0 Å². The second-order valence-corrected chi connectivity index (χ2v) is 5.84. The lowest BCUT2D eigenvalue weighted by Gasteiger charge is -2.29. The first-order valence-electron chi connectivity index (χ1n) is 6.33.